The van der Waals surface area contributed by atoms with Gasteiger partial charge >= 0.3 is 0 Å². The first-order valence-electron chi connectivity index (χ1n) is 7.51. The molecule has 0 saturated carbocycles. The van der Waals surface area contributed by atoms with Crippen LogP contribution in [0.4, 0.5) is 11.4 Å². The molecule has 2 aromatic carbocycles. The van der Waals surface area contributed by atoms with Crippen molar-refractivity contribution in [3.63, 3.8) is 0 Å². The number of nitrogens with zero attached hydrogens (tertiary/aromatic N) is 1. The molecule has 130 valence electrons. The van der Waals surface area contributed by atoms with Crippen LogP contribution in [0, 0.1) is 24.0 Å². The highest BCUT2D eigenvalue weighted by molar-refractivity contribution is 5.96. The molecule has 0 radical (unpaired) electrons. The molecule has 8 nitrogen and oxygen atoms in total. The third-order valence-electron chi connectivity index (χ3n) is 3.46. The molecule has 0 aliphatic rings. The largest absolute Gasteiger partial charge is 0.376 e. The number of aryl methyl sites for hydroxylation is 2. The normalized spacial score (nSPS) is 10.0. The van der Waals surface area contributed by atoms with Crippen molar-refractivity contribution in [2.24, 2.45) is 0 Å². The number of hydrogen-bond acceptors (Lipinski definition) is 5. The maximum Gasteiger partial charge on any atom is 0.270 e. The number of rotatable bonds is 5. The topological polar surface area (TPSA) is 113 Å². The van der Waals surface area contributed by atoms with Crippen molar-refractivity contribution in [1.29, 1.82) is 0 Å². The van der Waals surface area contributed by atoms with Gasteiger partial charge in [-0.1, -0.05) is 23.8 Å². The molecule has 0 unspecified atom stereocenters. The van der Waals surface area contributed by atoms with E-state index in [4.69, 9.17) is 0 Å². The van der Waals surface area contributed by atoms with Crippen LogP contribution in [0.25, 0.3) is 0 Å². The summed E-state index contributed by atoms with van der Waals surface area (Å²) in [7, 11) is 0. The number of amides is 2. The third kappa shape index (κ3) is 5.03. The van der Waals surface area contributed by atoms with Crippen molar-refractivity contribution in [1.82, 2.24) is 10.9 Å². The van der Waals surface area contributed by atoms with Crippen LogP contribution in [0.5, 0.6) is 0 Å². The molecule has 0 atom stereocenters. The number of non-ortho nitro benzene ring substituents is 1. The predicted octanol–water partition coefficient (Wildman–Crippen LogP) is 2.08. The van der Waals surface area contributed by atoms with Gasteiger partial charge < -0.3 is 5.32 Å². The summed E-state index contributed by atoms with van der Waals surface area (Å²) >= 11 is 0. The average molecular weight is 342 g/mol. The van der Waals surface area contributed by atoms with Gasteiger partial charge in [0.1, 0.15) is 0 Å². The Labute approximate surface area is 144 Å². The van der Waals surface area contributed by atoms with Crippen molar-refractivity contribution in [3.8, 4) is 0 Å². The van der Waals surface area contributed by atoms with Crippen LogP contribution in [-0.4, -0.2) is 23.3 Å². The van der Waals surface area contributed by atoms with Crippen LogP contribution in [0.1, 0.15) is 21.5 Å². The highest BCUT2D eigenvalue weighted by Gasteiger charge is 2.12. The van der Waals surface area contributed by atoms with Crippen LogP contribution in [0.3, 0.4) is 0 Å². The lowest BCUT2D eigenvalue weighted by Crippen LogP contribution is -2.44. The molecule has 0 aromatic heterocycles. The second kappa shape index (κ2) is 7.91. The molecular formula is C17H18N4O4. The fraction of sp³-hybridized carbons (Fsp3) is 0.176. The van der Waals surface area contributed by atoms with E-state index in [1.54, 1.807) is 0 Å². The minimum Gasteiger partial charge on any atom is -0.376 e. The Balaban J connectivity index is 1.86. The molecule has 2 amide bonds. The van der Waals surface area contributed by atoms with Gasteiger partial charge in [0.15, 0.2) is 0 Å². The number of hydrogen-bond donors (Lipinski definition) is 3. The Morgan fingerprint density at radius 3 is 2.52 bits per heavy atom. The second-order valence-corrected chi connectivity index (χ2v) is 5.48. The molecule has 0 spiro atoms. The van der Waals surface area contributed by atoms with Gasteiger partial charge in [-0.05, 0) is 31.5 Å². The first kappa shape index (κ1) is 17.9. The second-order valence-electron chi connectivity index (χ2n) is 5.48. The number of nitro groups is 1. The Bertz CT molecular complexity index is 820. The van der Waals surface area contributed by atoms with Crippen molar-refractivity contribution in [2.45, 2.75) is 13.8 Å². The van der Waals surface area contributed by atoms with Crippen LogP contribution >= 0.6 is 0 Å². The SMILES string of the molecule is Cc1ccc(NCC(=O)NNC(=O)c2cccc([N+](=O)[O-])c2)c(C)c1. The fourth-order valence-corrected chi connectivity index (χ4v) is 2.19. The molecule has 3 N–H and O–H groups in total. The van der Waals surface area contributed by atoms with E-state index in [-0.39, 0.29) is 17.8 Å². The summed E-state index contributed by atoms with van der Waals surface area (Å²) in [6, 6.07) is 11.0. The van der Waals surface area contributed by atoms with E-state index < -0.39 is 16.7 Å². The van der Waals surface area contributed by atoms with Gasteiger partial charge in [0.25, 0.3) is 17.5 Å². The zero-order valence-corrected chi connectivity index (χ0v) is 13.8. The summed E-state index contributed by atoms with van der Waals surface area (Å²) in [5.41, 5.74) is 7.32. The molecule has 2 rings (SSSR count). The summed E-state index contributed by atoms with van der Waals surface area (Å²) in [5, 5.41) is 13.7. The number of nitro benzene ring substituents is 1. The number of hydrazine groups is 1. The van der Waals surface area contributed by atoms with Crippen molar-refractivity contribution in [3.05, 3.63) is 69.3 Å². The monoisotopic (exact) mass is 342 g/mol. The summed E-state index contributed by atoms with van der Waals surface area (Å²) in [6.07, 6.45) is 0. The minimum absolute atomic E-state index is 0.0287. The molecule has 0 aliphatic heterocycles. The molecule has 0 aliphatic carbocycles. The number of benzene rings is 2. The molecule has 8 heteroatoms. The summed E-state index contributed by atoms with van der Waals surface area (Å²) in [4.78, 5) is 33.8. The van der Waals surface area contributed by atoms with Crippen molar-refractivity contribution < 1.29 is 14.5 Å². The van der Waals surface area contributed by atoms with Crippen LogP contribution in [0.2, 0.25) is 0 Å². The number of carbonyl (C=O) groups excluding carboxylic acids is 2. The minimum atomic E-state index is -0.636. The lowest BCUT2D eigenvalue weighted by atomic mass is 10.1. The van der Waals surface area contributed by atoms with Gasteiger partial charge in [-0.15, -0.1) is 0 Å². The zero-order valence-electron chi connectivity index (χ0n) is 13.8. The highest BCUT2D eigenvalue weighted by Crippen LogP contribution is 2.15. The zero-order chi connectivity index (χ0) is 18.4. The molecule has 0 heterocycles. The van der Waals surface area contributed by atoms with Gasteiger partial charge in [-0.3, -0.25) is 30.6 Å². The highest BCUT2D eigenvalue weighted by atomic mass is 16.6. The van der Waals surface area contributed by atoms with Crippen molar-refractivity contribution >= 4 is 23.2 Å². The van der Waals surface area contributed by atoms with E-state index in [0.717, 1.165) is 22.9 Å². The maximum absolute atomic E-state index is 11.9. The van der Waals surface area contributed by atoms with E-state index in [9.17, 15) is 19.7 Å². The predicted molar refractivity (Wildman–Crippen MR) is 93.1 cm³/mol. The van der Waals surface area contributed by atoms with Crippen LogP contribution in [0.15, 0.2) is 42.5 Å². The smallest absolute Gasteiger partial charge is 0.270 e. The number of carbonyl (C=O) groups is 2. The first-order chi connectivity index (χ1) is 11.9. The first-order valence-corrected chi connectivity index (χ1v) is 7.51. The van der Waals surface area contributed by atoms with E-state index >= 15 is 0 Å². The standard InChI is InChI=1S/C17H18N4O4/c1-11-6-7-15(12(2)8-11)18-10-16(22)19-20-17(23)13-4-3-5-14(9-13)21(24)25/h3-9,18H,10H2,1-2H3,(H,19,22)(H,20,23). The lowest BCUT2D eigenvalue weighted by molar-refractivity contribution is -0.384. The summed E-state index contributed by atoms with van der Waals surface area (Å²) < 4.78 is 0. The molecule has 0 fully saturated rings. The van der Waals surface area contributed by atoms with Crippen LogP contribution in [-0.2, 0) is 4.79 Å². The quantitative estimate of drug-likeness (QED) is 0.569. The van der Waals surface area contributed by atoms with E-state index in [1.807, 2.05) is 32.0 Å². The Morgan fingerprint density at radius 1 is 1.08 bits per heavy atom. The summed E-state index contributed by atoms with van der Waals surface area (Å²) in [6.45, 7) is 3.88. The molecule has 0 saturated heterocycles. The third-order valence-corrected chi connectivity index (χ3v) is 3.46. The van der Waals surface area contributed by atoms with Crippen molar-refractivity contribution in [2.75, 3.05) is 11.9 Å². The Morgan fingerprint density at radius 2 is 1.84 bits per heavy atom. The molecule has 0 bridgehead atoms. The maximum atomic E-state index is 11.9. The van der Waals surface area contributed by atoms with E-state index in [2.05, 4.69) is 16.2 Å². The Kier molecular flexibility index (Phi) is 5.67. The fourth-order valence-electron chi connectivity index (χ4n) is 2.19. The van der Waals surface area contributed by atoms with Gasteiger partial charge in [0, 0.05) is 23.4 Å². The van der Waals surface area contributed by atoms with Crippen LogP contribution < -0.4 is 16.2 Å². The lowest BCUT2D eigenvalue weighted by Gasteiger charge is -2.11. The molecule has 25 heavy (non-hydrogen) atoms. The van der Waals surface area contributed by atoms with Gasteiger partial charge in [-0.25, -0.2) is 0 Å². The van der Waals surface area contributed by atoms with Gasteiger partial charge in [0.05, 0.1) is 11.5 Å². The molecular weight excluding hydrogens is 324 g/mol. The summed E-state index contributed by atoms with van der Waals surface area (Å²) in [5.74, 6) is -1.08. The number of anilines is 1. The number of nitrogens with one attached hydrogen (secondary N) is 3. The van der Waals surface area contributed by atoms with Gasteiger partial charge in [-0.2, -0.15) is 0 Å². The van der Waals surface area contributed by atoms with E-state index in [1.165, 1.54) is 18.2 Å². The van der Waals surface area contributed by atoms with E-state index in [0.29, 0.717) is 0 Å². The average Bonchev–Trinajstić information content (AvgIpc) is 2.59. The Hall–Kier alpha value is -3.42. The van der Waals surface area contributed by atoms with Gasteiger partial charge in [0.2, 0.25) is 0 Å². The molecule has 2 aromatic rings.